The van der Waals surface area contributed by atoms with Gasteiger partial charge in [0.25, 0.3) is 0 Å². The summed E-state index contributed by atoms with van der Waals surface area (Å²) in [6.45, 7) is 0.0968. The molecule has 1 N–H and O–H groups in total. The van der Waals surface area contributed by atoms with Crippen LogP contribution in [0.1, 0.15) is 15.9 Å². The summed E-state index contributed by atoms with van der Waals surface area (Å²) in [5, 5.41) is 9.17. The van der Waals surface area contributed by atoms with E-state index >= 15 is 0 Å². The Bertz CT molecular complexity index is 673. The molecule has 0 saturated carbocycles. The zero-order chi connectivity index (χ0) is 15.4. The van der Waals surface area contributed by atoms with Crippen LogP contribution in [0.15, 0.2) is 40.9 Å². The number of hydrogen-bond donors (Lipinski definition) is 1. The van der Waals surface area contributed by atoms with Crippen molar-refractivity contribution in [2.24, 2.45) is 0 Å². The largest absolute Gasteiger partial charge is 0.493 e. The topological polar surface area (TPSA) is 55.8 Å². The van der Waals surface area contributed by atoms with Crippen molar-refractivity contribution in [3.8, 4) is 11.5 Å². The second kappa shape index (κ2) is 6.58. The van der Waals surface area contributed by atoms with Crippen LogP contribution in [0.2, 0.25) is 0 Å². The molecule has 110 valence electrons. The Kier molecular flexibility index (Phi) is 4.80. The van der Waals surface area contributed by atoms with E-state index in [-0.39, 0.29) is 23.7 Å². The van der Waals surface area contributed by atoms with Crippen molar-refractivity contribution < 1.29 is 23.8 Å². The van der Waals surface area contributed by atoms with Gasteiger partial charge in [0.2, 0.25) is 0 Å². The lowest BCUT2D eigenvalue weighted by molar-refractivity contribution is 0.0691. The number of ether oxygens (including phenoxy) is 2. The van der Waals surface area contributed by atoms with Crippen molar-refractivity contribution in [2.75, 3.05) is 7.11 Å². The van der Waals surface area contributed by atoms with Gasteiger partial charge in [-0.1, -0.05) is 12.1 Å². The van der Waals surface area contributed by atoms with Crippen molar-refractivity contribution in [1.82, 2.24) is 0 Å². The number of carboxylic acids is 1. The average molecular weight is 355 g/mol. The molecule has 2 aromatic carbocycles. The maximum Gasteiger partial charge on any atom is 0.339 e. The Morgan fingerprint density at radius 2 is 2.10 bits per heavy atom. The number of aromatic carboxylic acids is 1. The molecule has 2 rings (SSSR count). The lowest BCUT2D eigenvalue weighted by atomic mass is 10.2. The summed E-state index contributed by atoms with van der Waals surface area (Å²) in [6.07, 6.45) is 0. The molecule has 0 bridgehead atoms. The van der Waals surface area contributed by atoms with Gasteiger partial charge in [-0.15, -0.1) is 0 Å². The Morgan fingerprint density at radius 3 is 2.71 bits per heavy atom. The van der Waals surface area contributed by atoms with Gasteiger partial charge in [-0.05, 0) is 45.8 Å². The van der Waals surface area contributed by atoms with Crippen LogP contribution in [0, 0.1) is 5.82 Å². The van der Waals surface area contributed by atoms with E-state index in [1.807, 2.05) is 0 Å². The Morgan fingerprint density at radius 1 is 1.33 bits per heavy atom. The van der Waals surface area contributed by atoms with Gasteiger partial charge < -0.3 is 14.6 Å². The molecular formula is C15H12BrFO4. The van der Waals surface area contributed by atoms with Crippen molar-refractivity contribution in [2.45, 2.75) is 6.61 Å². The van der Waals surface area contributed by atoms with E-state index in [2.05, 4.69) is 15.9 Å². The van der Waals surface area contributed by atoms with Crippen molar-refractivity contribution >= 4 is 21.9 Å². The van der Waals surface area contributed by atoms with Crippen LogP contribution < -0.4 is 9.47 Å². The highest BCUT2D eigenvalue weighted by Crippen LogP contribution is 2.32. The smallest absolute Gasteiger partial charge is 0.339 e. The standard InChI is InChI=1S/C15H12BrFO4/c1-20-13-4-2-3-10(15(18)19)14(13)21-8-9-5-6-12(17)11(16)7-9/h2-7H,8H2,1H3,(H,18,19). The maximum absolute atomic E-state index is 13.2. The summed E-state index contributed by atoms with van der Waals surface area (Å²) in [5.41, 5.74) is 0.709. The summed E-state index contributed by atoms with van der Waals surface area (Å²) in [7, 11) is 1.43. The second-order valence-electron chi connectivity index (χ2n) is 4.18. The van der Waals surface area contributed by atoms with Crippen LogP contribution in [0.3, 0.4) is 0 Å². The van der Waals surface area contributed by atoms with Gasteiger partial charge in [0.05, 0.1) is 11.6 Å². The SMILES string of the molecule is COc1cccc(C(=O)O)c1OCc1ccc(F)c(Br)c1. The lowest BCUT2D eigenvalue weighted by Gasteiger charge is -2.13. The van der Waals surface area contributed by atoms with Gasteiger partial charge in [-0.3, -0.25) is 0 Å². The van der Waals surface area contributed by atoms with E-state index in [0.29, 0.717) is 15.8 Å². The van der Waals surface area contributed by atoms with Crippen LogP contribution in [0.5, 0.6) is 11.5 Å². The molecular weight excluding hydrogens is 343 g/mol. The highest BCUT2D eigenvalue weighted by molar-refractivity contribution is 9.10. The minimum absolute atomic E-state index is 0.00975. The van der Waals surface area contributed by atoms with Crippen molar-refractivity contribution in [3.63, 3.8) is 0 Å². The molecule has 0 amide bonds. The van der Waals surface area contributed by atoms with E-state index in [0.717, 1.165) is 0 Å². The minimum Gasteiger partial charge on any atom is -0.493 e. The highest BCUT2D eigenvalue weighted by Gasteiger charge is 2.16. The van der Waals surface area contributed by atoms with E-state index in [4.69, 9.17) is 9.47 Å². The Hall–Kier alpha value is -2.08. The van der Waals surface area contributed by atoms with Gasteiger partial charge in [0.15, 0.2) is 11.5 Å². The fraction of sp³-hybridized carbons (Fsp3) is 0.133. The number of hydrogen-bond acceptors (Lipinski definition) is 3. The number of methoxy groups -OCH3 is 1. The summed E-state index contributed by atoms with van der Waals surface area (Å²) >= 11 is 3.09. The number of halogens is 2. The third-order valence-electron chi connectivity index (χ3n) is 2.80. The molecule has 2 aromatic rings. The molecule has 0 unspecified atom stereocenters. The van der Waals surface area contributed by atoms with Crippen LogP contribution in [0.25, 0.3) is 0 Å². The maximum atomic E-state index is 13.2. The predicted molar refractivity (Wildman–Crippen MR) is 78.4 cm³/mol. The fourth-order valence-corrected chi connectivity index (χ4v) is 2.20. The Balaban J connectivity index is 2.26. The predicted octanol–water partition coefficient (Wildman–Crippen LogP) is 3.87. The molecule has 0 radical (unpaired) electrons. The van der Waals surface area contributed by atoms with E-state index in [1.165, 1.54) is 19.2 Å². The van der Waals surface area contributed by atoms with E-state index in [9.17, 15) is 14.3 Å². The molecule has 0 heterocycles. The fourth-order valence-electron chi connectivity index (χ4n) is 1.78. The van der Waals surface area contributed by atoms with E-state index < -0.39 is 5.97 Å². The van der Waals surface area contributed by atoms with Gasteiger partial charge in [-0.2, -0.15) is 0 Å². The van der Waals surface area contributed by atoms with Crippen LogP contribution in [-0.4, -0.2) is 18.2 Å². The monoisotopic (exact) mass is 354 g/mol. The first kappa shape index (κ1) is 15.3. The Labute approximate surface area is 129 Å². The number of benzene rings is 2. The molecule has 0 aliphatic carbocycles. The molecule has 0 aliphatic heterocycles. The first-order chi connectivity index (χ1) is 10.0. The van der Waals surface area contributed by atoms with Crippen molar-refractivity contribution in [1.29, 1.82) is 0 Å². The number of carbonyl (C=O) groups is 1. The molecule has 0 saturated heterocycles. The molecule has 0 aromatic heterocycles. The summed E-state index contributed by atoms with van der Waals surface area (Å²) in [6, 6.07) is 9.07. The molecule has 6 heteroatoms. The molecule has 4 nitrogen and oxygen atoms in total. The average Bonchev–Trinajstić information content (AvgIpc) is 2.48. The lowest BCUT2D eigenvalue weighted by Crippen LogP contribution is -2.05. The van der Waals surface area contributed by atoms with Crippen LogP contribution in [0.4, 0.5) is 4.39 Å². The van der Waals surface area contributed by atoms with Gasteiger partial charge in [-0.25, -0.2) is 9.18 Å². The van der Waals surface area contributed by atoms with E-state index in [1.54, 1.807) is 24.3 Å². The van der Waals surface area contributed by atoms with Crippen LogP contribution in [-0.2, 0) is 6.61 Å². The third-order valence-corrected chi connectivity index (χ3v) is 3.40. The first-order valence-corrected chi connectivity index (χ1v) is 6.79. The normalized spacial score (nSPS) is 10.2. The number of para-hydroxylation sites is 1. The number of carboxylic acid groups (broad SMARTS) is 1. The zero-order valence-corrected chi connectivity index (χ0v) is 12.7. The zero-order valence-electron chi connectivity index (χ0n) is 11.1. The van der Waals surface area contributed by atoms with Crippen molar-refractivity contribution in [3.05, 3.63) is 57.8 Å². The molecule has 0 fully saturated rings. The highest BCUT2D eigenvalue weighted by atomic mass is 79.9. The van der Waals surface area contributed by atoms with Gasteiger partial charge in [0, 0.05) is 0 Å². The summed E-state index contributed by atoms with van der Waals surface area (Å²) in [5.74, 6) is -1.00. The molecule has 0 aliphatic rings. The van der Waals surface area contributed by atoms with Gasteiger partial charge in [0.1, 0.15) is 18.0 Å². The molecule has 0 atom stereocenters. The van der Waals surface area contributed by atoms with Gasteiger partial charge >= 0.3 is 5.97 Å². The second-order valence-corrected chi connectivity index (χ2v) is 5.03. The minimum atomic E-state index is -1.11. The van der Waals surface area contributed by atoms with Crippen LogP contribution >= 0.6 is 15.9 Å². The summed E-state index contributed by atoms with van der Waals surface area (Å²) in [4.78, 5) is 11.2. The summed E-state index contributed by atoms with van der Waals surface area (Å²) < 4.78 is 24.1. The third kappa shape index (κ3) is 3.52. The molecule has 21 heavy (non-hydrogen) atoms. The number of rotatable bonds is 5. The molecule has 0 spiro atoms. The quantitative estimate of drug-likeness (QED) is 0.885. The first-order valence-electron chi connectivity index (χ1n) is 6.00.